The average molecular weight is 241 g/mol. The van der Waals surface area contributed by atoms with Gasteiger partial charge in [0.2, 0.25) is 0 Å². The van der Waals surface area contributed by atoms with E-state index < -0.39 is 12.0 Å². The van der Waals surface area contributed by atoms with Crippen molar-refractivity contribution in [3.63, 3.8) is 0 Å². The van der Waals surface area contributed by atoms with Gasteiger partial charge in [-0.25, -0.2) is 4.98 Å². The van der Waals surface area contributed by atoms with Crippen LogP contribution in [0.3, 0.4) is 0 Å². The van der Waals surface area contributed by atoms with E-state index in [1.165, 1.54) is 12.4 Å². The number of aryl methyl sites for hydroxylation is 1. The Morgan fingerprint density at radius 1 is 1.62 bits per heavy atom. The van der Waals surface area contributed by atoms with Gasteiger partial charge in [0, 0.05) is 18.8 Å². The number of fused-ring (bicyclic) bond motifs is 1. The molecule has 16 heavy (non-hydrogen) atoms. The quantitative estimate of drug-likeness (QED) is 0.806. The van der Waals surface area contributed by atoms with Crippen molar-refractivity contribution in [3.8, 4) is 0 Å². The van der Waals surface area contributed by atoms with Crippen LogP contribution in [0.15, 0.2) is 12.4 Å². The first-order chi connectivity index (χ1) is 7.52. The molecule has 2 aromatic heterocycles. The number of carboxylic acid groups (broad SMARTS) is 1. The van der Waals surface area contributed by atoms with Gasteiger partial charge in [0.15, 0.2) is 5.65 Å². The maximum atomic E-state index is 10.8. The Bertz CT molecular complexity index is 566. The number of aromatic nitrogens is 3. The maximum Gasteiger partial charge on any atom is 0.325 e. The molecule has 0 saturated carbocycles. The first kappa shape index (κ1) is 10.8. The molecule has 2 aromatic rings. The van der Waals surface area contributed by atoms with Gasteiger partial charge in [-0.15, -0.1) is 0 Å². The zero-order valence-electron chi connectivity index (χ0n) is 8.38. The molecule has 0 aliphatic rings. The molecule has 0 bridgehead atoms. The fourth-order valence-electron chi connectivity index (χ4n) is 1.43. The number of carbonyl (C=O) groups is 1. The van der Waals surface area contributed by atoms with Crippen LogP contribution in [0, 0.1) is 0 Å². The number of aliphatic carboxylic acids is 1. The summed E-state index contributed by atoms with van der Waals surface area (Å²) in [6.45, 7) is 0. The summed E-state index contributed by atoms with van der Waals surface area (Å²) in [5, 5.41) is 13.7. The summed E-state index contributed by atoms with van der Waals surface area (Å²) >= 11 is 6.06. The predicted molar refractivity (Wildman–Crippen MR) is 58.1 cm³/mol. The monoisotopic (exact) mass is 240 g/mol. The summed E-state index contributed by atoms with van der Waals surface area (Å²) < 4.78 is 1.55. The summed E-state index contributed by atoms with van der Waals surface area (Å²) in [5.74, 6) is -1.15. The number of pyridine rings is 1. The second kappa shape index (κ2) is 3.73. The van der Waals surface area contributed by atoms with Crippen LogP contribution in [-0.4, -0.2) is 25.8 Å². The molecule has 0 aliphatic heterocycles. The molecule has 3 N–H and O–H groups in total. The molecule has 0 aliphatic carbocycles. The number of hydrogen-bond donors (Lipinski definition) is 2. The second-order valence-corrected chi connectivity index (χ2v) is 3.73. The molecule has 7 heteroatoms. The summed E-state index contributed by atoms with van der Waals surface area (Å²) in [4.78, 5) is 14.8. The maximum absolute atomic E-state index is 10.8. The highest BCUT2D eigenvalue weighted by atomic mass is 35.5. The number of carboxylic acids is 1. The number of nitrogens with two attached hydrogens (primary N) is 1. The Morgan fingerprint density at radius 2 is 2.31 bits per heavy atom. The highest BCUT2D eigenvalue weighted by molar-refractivity contribution is 6.36. The molecule has 0 amide bonds. The van der Waals surface area contributed by atoms with E-state index in [4.69, 9.17) is 22.4 Å². The average Bonchev–Trinajstić information content (AvgIpc) is 2.61. The first-order valence-electron chi connectivity index (χ1n) is 4.47. The summed E-state index contributed by atoms with van der Waals surface area (Å²) in [6, 6.07) is -1.18. The van der Waals surface area contributed by atoms with Crippen LogP contribution >= 0.6 is 11.6 Å². The van der Waals surface area contributed by atoms with Crippen molar-refractivity contribution in [2.24, 2.45) is 12.8 Å². The van der Waals surface area contributed by atoms with Crippen LogP contribution in [-0.2, 0) is 11.8 Å². The Hall–Kier alpha value is -1.66. The Balaban J connectivity index is 2.65. The zero-order chi connectivity index (χ0) is 11.9. The van der Waals surface area contributed by atoms with Crippen molar-refractivity contribution >= 4 is 28.6 Å². The van der Waals surface area contributed by atoms with E-state index in [1.54, 1.807) is 11.7 Å². The second-order valence-electron chi connectivity index (χ2n) is 3.35. The predicted octanol–water partition coefficient (Wildman–Crippen LogP) is 0.706. The molecular formula is C9H9ClN4O2. The fourth-order valence-corrected chi connectivity index (χ4v) is 1.73. The Labute approximate surface area is 95.6 Å². The van der Waals surface area contributed by atoms with E-state index in [0.717, 1.165) is 0 Å². The van der Waals surface area contributed by atoms with Crippen molar-refractivity contribution in [3.05, 3.63) is 23.0 Å². The topological polar surface area (TPSA) is 94.0 Å². The molecule has 0 radical (unpaired) electrons. The molecular weight excluding hydrogens is 232 g/mol. The van der Waals surface area contributed by atoms with Crippen LogP contribution in [0.2, 0.25) is 5.02 Å². The molecule has 84 valence electrons. The minimum absolute atomic E-state index is 0.285. The normalized spacial score (nSPS) is 12.9. The molecule has 0 spiro atoms. The molecule has 0 saturated heterocycles. The smallest absolute Gasteiger partial charge is 0.325 e. The molecule has 0 fully saturated rings. The van der Waals surface area contributed by atoms with Gasteiger partial charge in [-0.2, -0.15) is 5.10 Å². The van der Waals surface area contributed by atoms with Gasteiger partial charge in [-0.05, 0) is 0 Å². The van der Waals surface area contributed by atoms with Gasteiger partial charge in [-0.1, -0.05) is 11.6 Å². The van der Waals surface area contributed by atoms with Crippen LogP contribution in [0.5, 0.6) is 0 Å². The van der Waals surface area contributed by atoms with Crippen LogP contribution in [0.1, 0.15) is 11.6 Å². The van der Waals surface area contributed by atoms with Gasteiger partial charge in [0.1, 0.15) is 6.04 Å². The van der Waals surface area contributed by atoms with E-state index in [0.29, 0.717) is 11.0 Å². The van der Waals surface area contributed by atoms with Crippen molar-refractivity contribution in [2.45, 2.75) is 6.04 Å². The largest absolute Gasteiger partial charge is 0.480 e. The van der Waals surface area contributed by atoms with Gasteiger partial charge < -0.3 is 10.8 Å². The van der Waals surface area contributed by atoms with Crippen LogP contribution in [0.4, 0.5) is 0 Å². The highest BCUT2D eigenvalue weighted by Gasteiger charge is 2.20. The lowest BCUT2D eigenvalue weighted by molar-refractivity contribution is -0.138. The lowest BCUT2D eigenvalue weighted by atomic mass is 10.1. The molecule has 2 rings (SSSR count). The van der Waals surface area contributed by atoms with Gasteiger partial charge in [0.25, 0.3) is 0 Å². The number of rotatable bonds is 2. The van der Waals surface area contributed by atoms with Crippen LogP contribution in [0.25, 0.3) is 11.0 Å². The summed E-state index contributed by atoms with van der Waals surface area (Å²) in [6.07, 6.45) is 2.90. The summed E-state index contributed by atoms with van der Waals surface area (Å²) in [5.41, 5.74) is 6.36. The van der Waals surface area contributed by atoms with Crippen molar-refractivity contribution < 1.29 is 9.90 Å². The minimum atomic E-state index is -1.18. The Kier molecular flexibility index (Phi) is 2.53. The van der Waals surface area contributed by atoms with Gasteiger partial charge >= 0.3 is 5.97 Å². The molecule has 6 nitrogen and oxygen atoms in total. The molecule has 2 heterocycles. The first-order valence-corrected chi connectivity index (χ1v) is 4.84. The van der Waals surface area contributed by atoms with E-state index in [9.17, 15) is 4.79 Å². The SMILES string of the molecule is Cn1ncc2c(Cl)c(C(N)C(=O)O)cnc21. The number of halogens is 1. The number of nitrogens with zero attached hydrogens (tertiary/aromatic N) is 3. The highest BCUT2D eigenvalue weighted by Crippen LogP contribution is 2.28. The zero-order valence-corrected chi connectivity index (χ0v) is 9.14. The summed E-state index contributed by atoms with van der Waals surface area (Å²) in [7, 11) is 1.72. The minimum Gasteiger partial charge on any atom is -0.480 e. The third-order valence-corrected chi connectivity index (χ3v) is 2.75. The van der Waals surface area contributed by atoms with E-state index in [2.05, 4.69) is 10.1 Å². The molecule has 0 aromatic carbocycles. The fraction of sp³-hybridized carbons (Fsp3) is 0.222. The van der Waals surface area contributed by atoms with Gasteiger partial charge in [-0.3, -0.25) is 9.48 Å². The van der Waals surface area contributed by atoms with E-state index >= 15 is 0 Å². The van der Waals surface area contributed by atoms with Gasteiger partial charge in [0.05, 0.1) is 16.6 Å². The Morgan fingerprint density at radius 3 is 2.94 bits per heavy atom. The molecule has 1 atom stereocenters. The van der Waals surface area contributed by atoms with E-state index in [1.807, 2.05) is 0 Å². The third kappa shape index (κ3) is 1.52. The standard InChI is InChI=1S/C9H9ClN4O2/c1-14-8-5(3-13-14)6(10)4(2-12-8)7(11)9(15)16/h2-3,7H,11H2,1H3,(H,15,16). The number of hydrogen-bond acceptors (Lipinski definition) is 4. The lowest BCUT2D eigenvalue weighted by Crippen LogP contribution is -2.21. The third-order valence-electron chi connectivity index (χ3n) is 2.32. The van der Waals surface area contributed by atoms with Crippen LogP contribution < -0.4 is 5.73 Å². The van der Waals surface area contributed by atoms with Crippen molar-refractivity contribution in [1.29, 1.82) is 0 Å². The van der Waals surface area contributed by atoms with E-state index in [-0.39, 0.29) is 10.6 Å². The van der Waals surface area contributed by atoms with Crippen molar-refractivity contribution in [2.75, 3.05) is 0 Å². The van der Waals surface area contributed by atoms with Crippen molar-refractivity contribution in [1.82, 2.24) is 14.8 Å². The molecule has 1 unspecified atom stereocenters. The lowest BCUT2D eigenvalue weighted by Gasteiger charge is -2.08.